The Morgan fingerprint density at radius 1 is 0.882 bits per heavy atom. The summed E-state index contributed by atoms with van der Waals surface area (Å²) in [5, 5.41) is 11.8. The summed E-state index contributed by atoms with van der Waals surface area (Å²) in [7, 11) is 0. The van der Waals surface area contributed by atoms with Gasteiger partial charge in [0.2, 0.25) is 0 Å². The van der Waals surface area contributed by atoms with E-state index in [-0.39, 0.29) is 5.91 Å². The molecule has 0 fully saturated rings. The topological polar surface area (TPSA) is 75.9 Å². The summed E-state index contributed by atoms with van der Waals surface area (Å²) in [6, 6.07) is 22.8. The lowest BCUT2D eigenvalue weighted by molar-refractivity contribution is 0.0953. The summed E-state index contributed by atoms with van der Waals surface area (Å²) < 4.78 is 2.22. The van der Waals surface area contributed by atoms with E-state index in [9.17, 15) is 4.79 Å². The number of carbonyl (C=O) groups excluding carboxylic acids is 1. The average Bonchev–Trinajstić information content (AvgIpc) is 3.17. The zero-order valence-electron chi connectivity index (χ0n) is 19.1. The second-order valence-corrected chi connectivity index (χ2v) is 8.52. The number of benzene rings is 2. The van der Waals surface area contributed by atoms with Gasteiger partial charge in [-0.15, -0.1) is 10.2 Å². The van der Waals surface area contributed by atoms with Gasteiger partial charge in [-0.3, -0.25) is 14.7 Å². The molecule has 0 aliphatic carbocycles. The molecule has 0 unspecified atom stereocenters. The minimum Gasteiger partial charge on any atom is -0.352 e. The van der Waals surface area contributed by atoms with E-state index in [1.807, 2.05) is 6.07 Å². The van der Waals surface area contributed by atoms with E-state index in [1.54, 1.807) is 24.5 Å². The predicted octanol–water partition coefficient (Wildman–Crippen LogP) is 3.37. The monoisotopic (exact) mass is 452 g/mol. The Balaban J connectivity index is 1.15. The van der Waals surface area contributed by atoms with Crippen molar-refractivity contribution in [3.05, 3.63) is 102 Å². The largest absolute Gasteiger partial charge is 0.352 e. The minimum atomic E-state index is -0.117. The highest BCUT2D eigenvalue weighted by molar-refractivity contribution is 5.93. The van der Waals surface area contributed by atoms with Crippen LogP contribution in [0.1, 0.15) is 27.6 Å². The molecule has 2 aromatic carbocycles. The third-order valence-electron chi connectivity index (χ3n) is 6.22. The lowest BCUT2D eigenvalue weighted by Gasteiger charge is -2.20. The van der Waals surface area contributed by atoms with Crippen LogP contribution in [0, 0.1) is 0 Å². The van der Waals surface area contributed by atoms with Gasteiger partial charge in [0, 0.05) is 58.0 Å². The summed E-state index contributed by atoms with van der Waals surface area (Å²) in [6.07, 6.45) is 4.75. The standard InChI is InChI=1S/C27H28N6O/c34-27(24-7-4-14-28-19-24)29-15-12-25-30-31-26-13-16-32(17-18-33(25)26)20-21-8-10-23(11-9-21)22-5-2-1-3-6-22/h1-11,14,19H,12-13,15-18,20H2,(H,29,34). The Kier molecular flexibility index (Phi) is 6.72. The molecule has 0 atom stereocenters. The fourth-order valence-electron chi connectivity index (χ4n) is 4.35. The first kappa shape index (κ1) is 22.0. The number of hydrogen-bond acceptors (Lipinski definition) is 5. The van der Waals surface area contributed by atoms with E-state index in [4.69, 9.17) is 0 Å². The number of fused-ring (bicyclic) bond motifs is 1. The summed E-state index contributed by atoms with van der Waals surface area (Å²) in [6.45, 7) is 4.19. The Bertz CT molecular complexity index is 1220. The molecular weight excluding hydrogens is 424 g/mol. The fraction of sp³-hybridized carbons (Fsp3) is 0.259. The highest BCUT2D eigenvalue weighted by Gasteiger charge is 2.19. The predicted molar refractivity (Wildman–Crippen MR) is 131 cm³/mol. The molecule has 7 nitrogen and oxygen atoms in total. The Labute approximate surface area is 199 Å². The van der Waals surface area contributed by atoms with Crippen LogP contribution < -0.4 is 5.32 Å². The Morgan fingerprint density at radius 3 is 2.50 bits per heavy atom. The van der Waals surface area contributed by atoms with Gasteiger partial charge in [0.15, 0.2) is 0 Å². The van der Waals surface area contributed by atoms with Crippen molar-refractivity contribution >= 4 is 5.91 Å². The third kappa shape index (κ3) is 5.21. The van der Waals surface area contributed by atoms with Gasteiger partial charge in [0.05, 0.1) is 5.56 Å². The molecule has 2 aromatic heterocycles. The van der Waals surface area contributed by atoms with Crippen LogP contribution in [0.5, 0.6) is 0 Å². The third-order valence-corrected chi connectivity index (χ3v) is 6.22. The number of nitrogens with zero attached hydrogens (tertiary/aromatic N) is 5. The van der Waals surface area contributed by atoms with E-state index >= 15 is 0 Å². The highest BCUT2D eigenvalue weighted by Crippen LogP contribution is 2.20. The van der Waals surface area contributed by atoms with Gasteiger partial charge in [-0.2, -0.15) is 0 Å². The van der Waals surface area contributed by atoms with Crippen LogP contribution in [-0.4, -0.2) is 50.2 Å². The zero-order valence-corrected chi connectivity index (χ0v) is 19.1. The van der Waals surface area contributed by atoms with Gasteiger partial charge < -0.3 is 9.88 Å². The van der Waals surface area contributed by atoms with Gasteiger partial charge >= 0.3 is 0 Å². The van der Waals surface area contributed by atoms with Crippen molar-refractivity contribution in [2.45, 2.75) is 25.9 Å². The minimum absolute atomic E-state index is 0.117. The first-order chi connectivity index (χ1) is 16.8. The molecule has 172 valence electrons. The lowest BCUT2D eigenvalue weighted by Crippen LogP contribution is -2.28. The molecule has 7 heteroatoms. The van der Waals surface area contributed by atoms with Crippen molar-refractivity contribution in [2.75, 3.05) is 19.6 Å². The number of nitrogens with one attached hydrogen (secondary N) is 1. The van der Waals surface area contributed by atoms with Crippen LogP contribution in [0.2, 0.25) is 0 Å². The van der Waals surface area contributed by atoms with Gasteiger partial charge in [-0.1, -0.05) is 54.6 Å². The van der Waals surface area contributed by atoms with E-state index in [0.29, 0.717) is 18.5 Å². The summed E-state index contributed by atoms with van der Waals surface area (Å²) in [5.74, 6) is 1.83. The van der Waals surface area contributed by atoms with Crippen molar-refractivity contribution in [2.24, 2.45) is 0 Å². The molecule has 0 saturated heterocycles. The lowest BCUT2D eigenvalue weighted by atomic mass is 10.0. The summed E-state index contributed by atoms with van der Waals surface area (Å²) in [5.41, 5.74) is 4.36. The van der Waals surface area contributed by atoms with Crippen molar-refractivity contribution < 1.29 is 4.79 Å². The second kappa shape index (κ2) is 10.4. The van der Waals surface area contributed by atoms with Crippen molar-refractivity contribution in [3.8, 4) is 11.1 Å². The van der Waals surface area contributed by atoms with Crippen LogP contribution in [-0.2, 0) is 25.9 Å². The summed E-state index contributed by atoms with van der Waals surface area (Å²) in [4.78, 5) is 18.7. The average molecular weight is 453 g/mol. The van der Waals surface area contributed by atoms with Crippen LogP contribution in [0.4, 0.5) is 0 Å². The molecular formula is C27H28N6O. The molecule has 1 amide bonds. The SMILES string of the molecule is O=C(NCCc1nnc2n1CCN(Cc1ccc(-c3ccccc3)cc1)CC2)c1cccnc1. The zero-order chi connectivity index (χ0) is 23.2. The fourth-order valence-corrected chi connectivity index (χ4v) is 4.35. The van der Waals surface area contributed by atoms with Crippen LogP contribution >= 0.6 is 0 Å². The van der Waals surface area contributed by atoms with Crippen molar-refractivity contribution in [1.82, 2.24) is 30.0 Å². The molecule has 1 N–H and O–H groups in total. The first-order valence-corrected chi connectivity index (χ1v) is 11.7. The molecule has 5 rings (SSSR count). The smallest absolute Gasteiger partial charge is 0.252 e. The van der Waals surface area contributed by atoms with Crippen LogP contribution in [0.15, 0.2) is 79.1 Å². The molecule has 34 heavy (non-hydrogen) atoms. The van der Waals surface area contributed by atoms with Crippen molar-refractivity contribution in [1.29, 1.82) is 0 Å². The van der Waals surface area contributed by atoms with Gasteiger partial charge in [0.1, 0.15) is 11.6 Å². The van der Waals surface area contributed by atoms with Gasteiger partial charge in [-0.05, 0) is 28.8 Å². The number of hydrogen-bond donors (Lipinski definition) is 1. The number of amides is 1. The van der Waals surface area contributed by atoms with E-state index < -0.39 is 0 Å². The van der Waals surface area contributed by atoms with Crippen molar-refractivity contribution in [3.63, 3.8) is 0 Å². The van der Waals surface area contributed by atoms with E-state index in [0.717, 1.165) is 44.2 Å². The Morgan fingerprint density at radius 2 is 1.71 bits per heavy atom. The number of aromatic nitrogens is 4. The Hall–Kier alpha value is -3.84. The van der Waals surface area contributed by atoms with Crippen LogP contribution in [0.3, 0.4) is 0 Å². The second-order valence-electron chi connectivity index (χ2n) is 8.52. The maximum atomic E-state index is 12.2. The quantitative estimate of drug-likeness (QED) is 0.465. The molecule has 0 radical (unpaired) electrons. The molecule has 0 bridgehead atoms. The van der Waals surface area contributed by atoms with Gasteiger partial charge in [-0.25, -0.2) is 0 Å². The number of pyridine rings is 1. The van der Waals surface area contributed by atoms with E-state index in [1.165, 1.54) is 16.7 Å². The van der Waals surface area contributed by atoms with Gasteiger partial charge in [0.25, 0.3) is 5.91 Å². The number of rotatable bonds is 7. The molecule has 4 aromatic rings. The van der Waals surface area contributed by atoms with Crippen LogP contribution in [0.25, 0.3) is 11.1 Å². The maximum Gasteiger partial charge on any atom is 0.252 e. The molecule has 1 aliphatic heterocycles. The maximum absolute atomic E-state index is 12.2. The highest BCUT2D eigenvalue weighted by atomic mass is 16.1. The number of carbonyl (C=O) groups is 1. The normalized spacial score (nSPS) is 13.8. The first-order valence-electron chi connectivity index (χ1n) is 11.7. The van der Waals surface area contributed by atoms with E-state index in [2.05, 4.69) is 78.5 Å². The molecule has 0 saturated carbocycles. The molecule has 1 aliphatic rings. The molecule has 0 spiro atoms. The summed E-state index contributed by atoms with van der Waals surface area (Å²) >= 11 is 0. The molecule has 3 heterocycles.